The number of carboxylic acids is 1. The topological polar surface area (TPSA) is 114 Å². The molecular weight excluding hydrogens is 548 g/mol. The number of aromatic nitrogens is 2. The van der Waals surface area contributed by atoms with E-state index in [2.05, 4.69) is 55.0 Å². The molecule has 1 heterocycles. The molecular formula is C34H36N2O5S. The lowest BCUT2D eigenvalue weighted by Gasteiger charge is -2.19. The van der Waals surface area contributed by atoms with Crippen molar-refractivity contribution in [1.82, 2.24) is 9.97 Å². The highest BCUT2D eigenvalue weighted by Gasteiger charge is 2.24. The third-order valence-corrected chi connectivity index (χ3v) is 9.51. The van der Waals surface area contributed by atoms with E-state index in [0.717, 1.165) is 22.3 Å². The molecule has 0 aliphatic carbocycles. The summed E-state index contributed by atoms with van der Waals surface area (Å²) in [6.07, 6.45) is 3.55. The molecule has 8 heteroatoms. The fourth-order valence-electron chi connectivity index (χ4n) is 4.55. The molecule has 0 spiro atoms. The van der Waals surface area contributed by atoms with Crippen LogP contribution in [0, 0.1) is 5.92 Å². The van der Waals surface area contributed by atoms with Gasteiger partial charge >= 0.3 is 5.97 Å². The summed E-state index contributed by atoms with van der Waals surface area (Å²) in [6.45, 7) is 9.72. The fraction of sp³-hybridized carbons (Fsp3) is 0.294. The first-order valence-electron chi connectivity index (χ1n) is 13.9. The van der Waals surface area contributed by atoms with Crippen LogP contribution < -0.4 is 0 Å². The van der Waals surface area contributed by atoms with Crippen molar-refractivity contribution in [2.45, 2.75) is 63.0 Å². The third kappa shape index (κ3) is 7.18. The van der Waals surface area contributed by atoms with E-state index in [9.17, 15) is 23.1 Å². The van der Waals surface area contributed by atoms with Crippen LogP contribution in [0.1, 0.15) is 62.5 Å². The van der Waals surface area contributed by atoms with Crippen molar-refractivity contribution in [3.63, 3.8) is 0 Å². The molecule has 0 saturated carbocycles. The minimum Gasteiger partial charge on any atom is -0.481 e. The molecule has 4 rings (SSSR count). The maximum absolute atomic E-state index is 12.8. The molecule has 7 nitrogen and oxygen atoms in total. The van der Waals surface area contributed by atoms with Gasteiger partial charge in [-0.25, -0.2) is 18.4 Å². The molecule has 0 saturated heterocycles. The molecule has 0 fully saturated rings. The Morgan fingerprint density at radius 3 is 1.83 bits per heavy atom. The normalized spacial score (nSPS) is 12.7. The largest absolute Gasteiger partial charge is 0.481 e. The molecule has 3 aromatic carbocycles. The molecule has 0 bridgehead atoms. The monoisotopic (exact) mass is 584 g/mol. The Kier molecular flexibility index (Phi) is 9.06. The van der Waals surface area contributed by atoms with E-state index in [1.807, 2.05) is 24.3 Å². The van der Waals surface area contributed by atoms with E-state index in [0.29, 0.717) is 5.82 Å². The zero-order valence-electron chi connectivity index (χ0n) is 24.5. The fourth-order valence-corrected chi connectivity index (χ4v) is 5.61. The highest BCUT2D eigenvalue weighted by atomic mass is 32.2. The van der Waals surface area contributed by atoms with Crippen LogP contribution in [0.15, 0.2) is 90.1 Å². The number of nitrogens with zero attached hydrogens (tertiary/aromatic N) is 2. The van der Waals surface area contributed by atoms with Crippen molar-refractivity contribution >= 4 is 21.6 Å². The highest BCUT2D eigenvalue weighted by molar-refractivity contribution is 7.92. The average molecular weight is 585 g/mol. The van der Waals surface area contributed by atoms with E-state index in [-0.39, 0.29) is 34.5 Å². The quantitative estimate of drug-likeness (QED) is 0.204. The Morgan fingerprint density at radius 1 is 0.786 bits per heavy atom. The number of rotatable bonds is 10. The van der Waals surface area contributed by atoms with Gasteiger partial charge in [0.1, 0.15) is 0 Å². The van der Waals surface area contributed by atoms with Gasteiger partial charge in [0.2, 0.25) is 0 Å². The van der Waals surface area contributed by atoms with Crippen LogP contribution in [0.2, 0.25) is 0 Å². The summed E-state index contributed by atoms with van der Waals surface area (Å²) in [5, 5.41) is 9.22. The second kappa shape index (κ2) is 12.4. The van der Waals surface area contributed by atoms with Gasteiger partial charge in [0.05, 0.1) is 16.1 Å². The van der Waals surface area contributed by atoms with Crippen LogP contribution >= 0.6 is 0 Å². The Morgan fingerprint density at radius 2 is 1.33 bits per heavy atom. The van der Waals surface area contributed by atoms with Crippen molar-refractivity contribution in [3.8, 4) is 22.5 Å². The van der Waals surface area contributed by atoms with Crippen LogP contribution in [-0.2, 0) is 26.5 Å². The van der Waals surface area contributed by atoms with Crippen LogP contribution in [0.4, 0.5) is 0 Å². The summed E-state index contributed by atoms with van der Waals surface area (Å²) in [6, 6.07) is 21.4. The van der Waals surface area contributed by atoms with E-state index in [1.165, 1.54) is 29.8 Å². The lowest BCUT2D eigenvalue weighted by Crippen LogP contribution is -2.20. The van der Waals surface area contributed by atoms with Gasteiger partial charge in [0.25, 0.3) is 0 Å². The first kappa shape index (κ1) is 30.8. The lowest BCUT2D eigenvalue weighted by molar-refractivity contribution is -0.141. The minimum absolute atomic E-state index is 0.0811. The Hall–Kier alpha value is -4.17. The summed E-state index contributed by atoms with van der Waals surface area (Å²) in [7, 11) is -3.46. The standard InChI is InChI=1S/C34H36N2O5S/c1-22(2)42(40,41)30-16-12-25(13-17-30)31(37)19-27(33(38)39)18-23-6-8-26(9-7-23)32-35-20-28(21-36-32)24-10-14-29(15-11-24)34(3,4)5/h6-17,20-22,27H,18-19H2,1-5H3,(H,38,39)/t27-/m1/s1. The maximum atomic E-state index is 12.8. The Labute approximate surface area is 247 Å². The first-order chi connectivity index (χ1) is 19.8. The number of carbonyl (C=O) groups excluding carboxylic acids is 1. The number of ketones is 1. The van der Waals surface area contributed by atoms with Crippen molar-refractivity contribution in [3.05, 3.63) is 102 Å². The van der Waals surface area contributed by atoms with Crippen LogP contribution in [0.25, 0.3) is 22.5 Å². The zero-order chi connectivity index (χ0) is 30.7. The molecule has 218 valence electrons. The molecule has 1 aromatic heterocycles. The van der Waals surface area contributed by atoms with Crippen molar-refractivity contribution in [1.29, 1.82) is 0 Å². The summed E-state index contributed by atoms with van der Waals surface area (Å²) < 4.78 is 24.7. The number of carbonyl (C=O) groups is 2. The van der Waals surface area contributed by atoms with E-state index >= 15 is 0 Å². The zero-order valence-corrected chi connectivity index (χ0v) is 25.4. The van der Waals surface area contributed by atoms with Crippen molar-refractivity contribution < 1.29 is 23.1 Å². The van der Waals surface area contributed by atoms with Gasteiger partial charge in [-0.3, -0.25) is 9.59 Å². The molecule has 1 N–H and O–H groups in total. The number of benzene rings is 3. The summed E-state index contributed by atoms with van der Waals surface area (Å²) in [4.78, 5) is 34.0. The predicted molar refractivity (Wildman–Crippen MR) is 164 cm³/mol. The van der Waals surface area contributed by atoms with Crippen molar-refractivity contribution in [2.75, 3.05) is 0 Å². The maximum Gasteiger partial charge on any atom is 0.307 e. The lowest BCUT2D eigenvalue weighted by atomic mass is 9.86. The van der Waals surface area contributed by atoms with Crippen LogP contribution in [0.3, 0.4) is 0 Å². The van der Waals surface area contributed by atoms with Gasteiger partial charge in [-0.1, -0.05) is 81.4 Å². The van der Waals surface area contributed by atoms with Gasteiger partial charge in [0.15, 0.2) is 21.4 Å². The summed E-state index contributed by atoms with van der Waals surface area (Å²) >= 11 is 0. The van der Waals surface area contributed by atoms with Crippen LogP contribution in [0.5, 0.6) is 0 Å². The molecule has 0 amide bonds. The van der Waals surface area contributed by atoms with Gasteiger partial charge in [-0.15, -0.1) is 0 Å². The minimum atomic E-state index is -3.46. The second-order valence-corrected chi connectivity index (χ2v) is 14.3. The Bertz CT molecular complexity index is 1650. The second-order valence-electron chi connectivity index (χ2n) is 11.8. The van der Waals surface area contributed by atoms with Gasteiger partial charge < -0.3 is 5.11 Å². The molecule has 4 aromatic rings. The van der Waals surface area contributed by atoms with E-state index < -0.39 is 27.0 Å². The number of Topliss-reactive ketones (excluding diaryl/α,β-unsaturated/α-hetero) is 1. The van der Waals surface area contributed by atoms with E-state index in [4.69, 9.17) is 0 Å². The van der Waals surface area contributed by atoms with Gasteiger partial charge in [-0.2, -0.15) is 0 Å². The third-order valence-electron chi connectivity index (χ3n) is 7.34. The van der Waals surface area contributed by atoms with E-state index in [1.54, 1.807) is 26.2 Å². The first-order valence-corrected chi connectivity index (χ1v) is 15.4. The Balaban J connectivity index is 1.41. The average Bonchev–Trinajstić information content (AvgIpc) is 2.97. The molecule has 0 aliphatic heterocycles. The number of aliphatic carboxylic acids is 1. The number of hydrogen-bond donors (Lipinski definition) is 1. The molecule has 0 radical (unpaired) electrons. The smallest absolute Gasteiger partial charge is 0.307 e. The number of carboxylic acid groups (broad SMARTS) is 1. The van der Waals surface area contributed by atoms with Crippen LogP contribution in [-0.4, -0.2) is 40.5 Å². The number of sulfone groups is 1. The predicted octanol–water partition coefficient (Wildman–Crippen LogP) is 6.81. The van der Waals surface area contributed by atoms with Gasteiger partial charge in [-0.05, 0) is 54.5 Å². The summed E-state index contributed by atoms with van der Waals surface area (Å²) in [5.74, 6) is -1.79. The number of hydrogen-bond acceptors (Lipinski definition) is 6. The molecule has 0 unspecified atom stereocenters. The molecule has 0 aliphatic rings. The summed E-state index contributed by atoms with van der Waals surface area (Å²) in [5.41, 5.74) is 5.15. The SMILES string of the molecule is CC(C)S(=O)(=O)c1ccc(C(=O)C[C@@H](Cc2ccc(-c3ncc(-c4ccc(C(C)(C)C)cc4)cn3)cc2)C(=O)O)cc1. The molecule has 1 atom stereocenters. The van der Waals surface area contributed by atoms with Gasteiger partial charge in [0, 0.05) is 35.5 Å². The molecule has 42 heavy (non-hydrogen) atoms. The van der Waals surface area contributed by atoms with Crippen molar-refractivity contribution in [2.24, 2.45) is 5.92 Å². The highest BCUT2D eigenvalue weighted by Crippen LogP contribution is 2.27.